The average Bonchev–Trinajstić information content (AvgIpc) is 2.43. The molecule has 3 N–H and O–H groups in total. The van der Waals surface area contributed by atoms with E-state index >= 15 is 0 Å². The average molecular weight is 287 g/mol. The topological polar surface area (TPSA) is 115 Å². The molecule has 0 unspecified atom stereocenters. The second-order valence-electron chi connectivity index (χ2n) is 4.70. The van der Waals surface area contributed by atoms with Crippen LogP contribution in [0, 0.1) is 10.4 Å². The lowest BCUT2D eigenvalue weighted by Gasteiger charge is -2.18. The van der Waals surface area contributed by atoms with Crippen molar-refractivity contribution < 1.29 is 15.3 Å². The Kier molecular flexibility index (Phi) is 2.59. The SMILES string of the molecule is Cn1c2cccc(=[N+]([O-])[O-])c-2c(O)c2c(O)cc(O)cc21. The number of fused-ring (bicyclic) bond motifs is 2. The van der Waals surface area contributed by atoms with Crippen molar-refractivity contribution in [2.24, 2.45) is 7.05 Å². The molecule has 1 aliphatic carbocycles. The summed E-state index contributed by atoms with van der Waals surface area (Å²) in [6.07, 6.45) is 0. The first kappa shape index (κ1) is 12.9. The maximum absolute atomic E-state index is 11.1. The molecule has 1 heterocycles. The van der Waals surface area contributed by atoms with Crippen molar-refractivity contribution in [3.05, 3.63) is 46.1 Å². The first-order valence-electron chi connectivity index (χ1n) is 6.05. The van der Waals surface area contributed by atoms with E-state index in [1.54, 1.807) is 17.7 Å². The summed E-state index contributed by atoms with van der Waals surface area (Å²) in [5, 5.41) is 52.0. The number of aromatic nitrogens is 1. The summed E-state index contributed by atoms with van der Waals surface area (Å²) in [5.74, 6) is -0.902. The fourth-order valence-electron chi connectivity index (χ4n) is 2.56. The molecular weight excluding hydrogens is 276 g/mol. The van der Waals surface area contributed by atoms with Gasteiger partial charge in [-0.2, -0.15) is 4.90 Å². The third-order valence-corrected chi connectivity index (χ3v) is 3.49. The molecule has 7 nitrogen and oxygen atoms in total. The van der Waals surface area contributed by atoms with Gasteiger partial charge in [0.1, 0.15) is 22.8 Å². The molecule has 0 amide bonds. The van der Waals surface area contributed by atoms with Gasteiger partial charge in [0, 0.05) is 25.2 Å². The summed E-state index contributed by atoms with van der Waals surface area (Å²) in [6.45, 7) is 0. The third kappa shape index (κ3) is 1.71. The summed E-state index contributed by atoms with van der Waals surface area (Å²) in [6, 6.07) is 6.85. The van der Waals surface area contributed by atoms with E-state index in [0.29, 0.717) is 11.2 Å². The molecule has 7 heteroatoms. The number of hydrogen-bond donors (Lipinski definition) is 3. The molecule has 0 saturated carbocycles. The van der Waals surface area contributed by atoms with E-state index in [9.17, 15) is 25.7 Å². The zero-order valence-electron chi connectivity index (χ0n) is 10.9. The minimum absolute atomic E-state index is 0.0403. The van der Waals surface area contributed by atoms with Crippen molar-refractivity contribution in [1.82, 2.24) is 9.47 Å². The van der Waals surface area contributed by atoms with Crippen LogP contribution in [0.1, 0.15) is 0 Å². The van der Waals surface area contributed by atoms with Crippen LogP contribution >= 0.6 is 0 Å². The Balaban J connectivity index is 2.70. The number of aromatic hydroxyl groups is 3. The predicted molar refractivity (Wildman–Crippen MR) is 76.5 cm³/mol. The molecule has 0 atom stereocenters. The van der Waals surface area contributed by atoms with Crippen molar-refractivity contribution >= 4 is 10.9 Å². The highest BCUT2D eigenvalue weighted by Crippen LogP contribution is 2.41. The Labute approximate surface area is 118 Å². The van der Waals surface area contributed by atoms with Crippen LogP contribution in [-0.2, 0) is 7.05 Å². The Bertz CT molecular complexity index is 909. The second-order valence-corrected chi connectivity index (χ2v) is 4.70. The van der Waals surface area contributed by atoms with E-state index in [-0.39, 0.29) is 33.6 Å². The lowest BCUT2D eigenvalue weighted by Crippen LogP contribution is -2.22. The minimum atomic E-state index is -0.592. The summed E-state index contributed by atoms with van der Waals surface area (Å²) < 4.78 is 1.57. The number of aryl methyl sites for hydroxylation is 1. The summed E-state index contributed by atoms with van der Waals surface area (Å²) in [4.78, 5) is -0.592. The van der Waals surface area contributed by atoms with Gasteiger partial charge in [0.25, 0.3) is 0 Å². The monoisotopic (exact) mass is 287 g/mol. The molecule has 2 aliphatic rings. The number of benzene rings is 2. The van der Waals surface area contributed by atoms with Crippen molar-refractivity contribution in [3.63, 3.8) is 0 Å². The van der Waals surface area contributed by atoms with E-state index in [1.165, 1.54) is 18.2 Å². The molecule has 0 spiro atoms. The zero-order chi connectivity index (χ0) is 15.3. The quantitative estimate of drug-likeness (QED) is 0.424. The number of hydrogen-bond acceptors (Lipinski definition) is 5. The first-order chi connectivity index (χ1) is 9.91. The number of nitrogens with zero attached hydrogens (tertiary/aromatic N) is 2. The van der Waals surface area contributed by atoms with E-state index in [0.717, 1.165) is 6.07 Å². The maximum atomic E-state index is 11.1. The largest absolute Gasteiger partial charge is 0.612 e. The van der Waals surface area contributed by atoms with Crippen molar-refractivity contribution in [1.29, 1.82) is 0 Å². The Morgan fingerprint density at radius 1 is 1.10 bits per heavy atom. The van der Waals surface area contributed by atoms with E-state index in [4.69, 9.17) is 0 Å². The molecule has 0 saturated heterocycles. The molecule has 1 aromatic rings. The Hall–Kier alpha value is -3.09. The Morgan fingerprint density at radius 2 is 1.81 bits per heavy atom. The van der Waals surface area contributed by atoms with Crippen LogP contribution in [0.3, 0.4) is 0 Å². The van der Waals surface area contributed by atoms with Gasteiger partial charge in [-0.15, -0.1) is 0 Å². The predicted octanol–water partition coefficient (Wildman–Crippen LogP) is 1.17. The molecule has 0 fully saturated rings. The molecule has 21 heavy (non-hydrogen) atoms. The van der Waals surface area contributed by atoms with Gasteiger partial charge >= 0.3 is 0 Å². The first-order valence-corrected chi connectivity index (χ1v) is 6.05. The normalized spacial score (nSPS) is 11.1. The van der Waals surface area contributed by atoms with E-state index in [2.05, 4.69) is 0 Å². The fourth-order valence-corrected chi connectivity index (χ4v) is 2.56. The van der Waals surface area contributed by atoms with Gasteiger partial charge in [-0.05, 0) is 6.07 Å². The van der Waals surface area contributed by atoms with Gasteiger partial charge in [-0.3, -0.25) is 0 Å². The standard InChI is InChI=1S/C14H11N2O5/c1-15-8-3-2-4-9(16(20)21)12(8)14(19)13-10(15)5-7(17)6-11(13)18/h2-6H,1H3,(H3-,17,18,19,20,21)/q-1. The lowest BCUT2D eigenvalue weighted by molar-refractivity contribution is 0.448. The number of phenolic OH excluding ortho intramolecular Hbond substituents is 2. The van der Waals surface area contributed by atoms with Gasteiger partial charge in [0.2, 0.25) is 5.36 Å². The van der Waals surface area contributed by atoms with Gasteiger partial charge in [-0.25, -0.2) is 0 Å². The Morgan fingerprint density at radius 3 is 2.48 bits per heavy atom. The van der Waals surface area contributed by atoms with E-state index in [1.807, 2.05) is 0 Å². The summed E-state index contributed by atoms with van der Waals surface area (Å²) >= 11 is 0. The second kappa shape index (κ2) is 4.20. The molecule has 0 bridgehead atoms. The van der Waals surface area contributed by atoms with Crippen LogP contribution in [0.2, 0.25) is 0 Å². The highest BCUT2D eigenvalue weighted by Gasteiger charge is 2.22. The number of rotatable bonds is 0. The van der Waals surface area contributed by atoms with E-state index < -0.39 is 4.90 Å². The van der Waals surface area contributed by atoms with Gasteiger partial charge in [0.15, 0.2) is 0 Å². The van der Waals surface area contributed by atoms with Crippen LogP contribution < -0.4 is 10.3 Å². The van der Waals surface area contributed by atoms with Gasteiger partial charge < -0.3 is 30.3 Å². The van der Waals surface area contributed by atoms with Gasteiger partial charge in [-0.1, -0.05) is 6.07 Å². The highest BCUT2D eigenvalue weighted by molar-refractivity contribution is 5.98. The smallest absolute Gasteiger partial charge is 0.235 e. The number of pyridine rings is 1. The highest BCUT2D eigenvalue weighted by atomic mass is 16.8. The van der Waals surface area contributed by atoms with Crippen molar-refractivity contribution in [2.45, 2.75) is 0 Å². The molecule has 1 aromatic carbocycles. The fraction of sp³-hybridized carbons (Fsp3) is 0.0714. The number of phenols is 2. The summed E-state index contributed by atoms with van der Waals surface area (Å²) in [7, 11) is 1.63. The molecule has 1 aliphatic heterocycles. The van der Waals surface area contributed by atoms with Gasteiger partial charge in [0.05, 0.1) is 16.6 Å². The van der Waals surface area contributed by atoms with Crippen LogP contribution in [-0.4, -0.2) is 19.9 Å². The van der Waals surface area contributed by atoms with Crippen LogP contribution in [0.25, 0.3) is 22.2 Å². The minimum Gasteiger partial charge on any atom is -0.612 e. The molecule has 108 valence electrons. The maximum Gasteiger partial charge on any atom is 0.235 e. The molecule has 0 aromatic heterocycles. The molecule has 3 rings (SSSR count). The van der Waals surface area contributed by atoms with Crippen molar-refractivity contribution in [3.8, 4) is 28.5 Å². The summed E-state index contributed by atoms with van der Waals surface area (Å²) in [5.41, 5.74) is 0.815. The van der Waals surface area contributed by atoms with Crippen LogP contribution in [0.5, 0.6) is 17.2 Å². The van der Waals surface area contributed by atoms with Crippen molar-refractivity contribution in [2.75, 3.05) is 0 Å². The van der Waals surface area contributed by atoms with Crippen LogP contribution in [0.4, 0.5) is 0 Å². The lowest BCUT2D eigenvalue weighted by atomic mass is 10.0. The zero-order valence-corrected chi connectivity index (χ0v) is 10.9. The van der Waals surface area contributed by atoms with Crippen LogP contribution in [0.15, 0.2) is 30.3 Å². The molecule has 0 radical (unpaired) electrons. The molecular formula is C14H11N2O5-. The third-order valence-electron chi connectivity index (χ3n) is 3.49.